The van der Waals surface area contributed by atoms with Crippen LogP contribution in [0, 0.1) is 11.3 Å². The fraction of sp³-hybridized carbons (Fsp3) is 0.444. The second-order valence-corrected chi connectivity index (χ2v) is 6.90. The molecule has 0 aliphatic heterocycles. The summed E-state index contributed by atoms with van der Waals surface area (Å²) in [5.41, 5.74) is 1.01. The number of aromatic carboxylic acids is 1. The number of pyridine rings is 1. The van der Waals surface area contributed by atoms with Gasteiger partial charge in [-0.15, -0.1) is 0 Å². The highest BCUT2D eigenvalue weighted by atomic mass is 19.4. The fourth-order valence-electron chi connectivity index (χ4n) is 3.99. The van der Waals surface area contributed by atoms with E-state index in [1.807, 2.05) is 6.07 Å². The number of aryl methyl sites for hydroxylation is 1. The molecule has 1 aromatic carbocycles. The van der Waals surface area contributed by atoms with Gasteiger partial charge in [0.1, 0.15) is 0 Å². The first-order valence-electron chi connectivity index (χ1n) is 8.03. The highest BCUT2D eigenvalue weighted by Gasteiger charge is 2.66. The monoisotopic (exact) mass is 335 g/mol. The SMILES string of the molecule is O=C(O)c1ccc2nc3c(cc2c1)CC(C1(C(F)(F)F)CC1)CC3. The van der Waals surface area contributed by atoms with Gasteiger partial charge in [-0.25, -0.2) is 4.79 Å². The minimum atomic E-state index is -4.14. The second kappa shape index (κ2) is 4.94. The Balaban J connectivity index is 1.71. The summed E-state index contributed by atoms with van der Waals surface area (Å²) in [5.74, 6) is -1.42. The van der Waals surface area contributed by atoms with Crippen LogP contribution in [0.3, 0.4) is 0 Å². The summed E-state index contributed by atoms with van der Waals surface area (Å²) >= 11 is 0. The van der Waals surface area contributed by atoms with Gasteiger partial charge in [0.05, 0.1) is 16.5 Å². The first-order chi connectivity index (χ1) is 11.3. The fourth-order valence-corrected chi connectivity index (χ4v) is 3.99. The summed E-state index contributed by atoms with van der Waals surface area (Å²) in [4.78, 5) is 15.6. The lowest BCUT2D eigenvalue weighted by atomic mass is 9.76. The van der Waals surface area contributed by atoms with Gasteiger partial charge in [-0.05, 0) is 67.9 Å². The van der Waals surface area contributed by atoms with Gasteiger partial charge in [0.15, 0.2) is 0 Å². The Bertz CT molecular complexity index is 840. The first-order valence-corrected chi connectivity index (χ1v) is 8.03. The quantitative estimate of drug-likeness (QED) is 0.886. The van der Waals surface area contributed by atoms with Crippen molar-refractivity contribution < 1.29 is 23.1 Å². The average molecular weight is 335 g/mol. The van der Waals surface area contributed by atoms with E-state index in [-0.39, 0.29) is 18.4 Å². The van der Waals surface area contributed by atoms with Crippen molar-refractivity contribution in [2.45, 2.75) is 38.3 Å². The normalized spacial score (nSPS) is 22.2. The molecule has 1 N–H and O–H groups in total. The maximum absolute atomic E-state index is 13.4. The molecule has 1 atom stereocenters. The van der Waals surface area contributed by atoms with Crippen molar-refractivity contribution in [1.29, 1.82) is 0 Å². The van der Waals surface area contributed by atoms with Crippen LogP contribution in [0.1, 0.15) is 40.9 Å². The third-order valence-corrected chi connectivity index (χ3v) is 5.56. The highest BCUT2D eigenvalue weighted by Crippen LogP contribution is 2.64. The van der Waals surface area contributed by atoms with E-state index in [1.54, 1.807) is 6.07 Å². The van der Waals surface area contributed by atoms with Crippen LogP contribution in [0.4, 0.5) is 13.2 Å². The molecular formula is C18H16F3NO2. The number of hydrogen-bond acceptors (Lipinski definition) is 2. The Kier molecular flexibility index (Phi) is 3.18. The van der Waals surface area contributed by atoms with Crippen LogP contribution in [0.25, 0.3) is 10.9 Å². The van der Waals surface area contributed by atoms with Crippen LogP contribution in [0.15, 0.2) is 24.3 Å². The summed E-state index contributed by atoms with van der Waals surface area (Å²) in [5, 5.41) is 9.76. The molecule has 126 valence electrons. The number of hydrogen-bond donors (Lipinski definition) is 1. The molecule has 3 nitrogen and oxygen atoms in total. The number of carboxylic acids is 1. The van der Waals surface area contributed by atoms with E-state index >= 15 is 0 Å². The van der Waals surface area contributed by atoms with E-state index in [9.17, 15) is 18.0 Å². The van der Waals surface area contributed by atoms with Gasteiger partial charge in [-0.3, -0.25) is 4.98 Å². The van der Waals surface area contributed by atoms with Crippen LogP contribution in [-0.4, -0.2) is 22.2 Å². The van der Waals surface area contributed by atoms with Crippen LogP contribution in [-0.2, 0) is 12.8 Å². The third kappa shape index (κ3) is 2.27. The molecule has 1 aromatic heterocycles. The van der Waals surface area contributed by atoms with Gasteiger partial charge in [-0.1, -0.05) is 0 Å². The number of aromatic nitrogens is 1. The number of nitrogens with zero attached hydrogens (tertiary/aromatic N) is 1. The standard InChI is InChI=1S/C18H16F3NO2/c19-18(20,21)17(5-6-17)13-2-4-15-12(9-13)8-11-7-10(16(23)24)1-3-14(11)22-15/h1,3,7-8,13H,2,4-6,9H2,(H,23,24). The van der Waals surface area contributed by atoms with Crippen LogP contribution >= 0.6 is 0 Å². The molecule has 4 rings (SSSR count). The summed E-state index contributed by atoms with van der Waals surface area (Å²) in [6.45, 7) is 0. The van der Waals surface area contributed by atoms with Gasteiger partial charge in [0.2, 0.25) is 0 Å². The molecule has 1 saturated carbocycles. The summed E-state index contributed by atoms with van der Waals surface area (Å²) in [6.07, 6.45) is -2.26. The lowest BCUT2D eigenvalue weighted by molar-refractivity contribution is -0.204. The van der Waals surface area contributed by atoms with Crippen molar-refractivity contribution in [2.24, 2.45) is 11.3 Å². The molecule has 0 saturated heterocycles. The molecule has 0 amide bonds. The molecular weight excluding hydrogens is 319 g/mol. The molecule has 1 fully saturated rings. The zero-order valence-corrected chi connectivity index (χ0v) is 12.9. The third-order valence-electron chi connectivity index (χ3n) is 5.56. The molecule has 0 bridgehead atoms. The number of rotatable bonds is 2. The molecule has 24 heavy (non-hydrogen) atoms. The van der Waals surface area contributed by atoms with Crippen molar-refractivity contribution in [3.8, 4) is 0 Å². The van der Waals surface area contributed by atoms with Gasteiger partial charge >= 0.3 is 12.1 Å². The van der Waals surface area contributed by atoms with Gasteiger partial charge < -0.3 is 5.11 Å². The molecule has 2 aliphatic carbocycles. The van der Waals surface area contributed by atoms with Crippen LogP contribution < -0.4 is 0 Å². The number of carbonyl (C=O) groups is 1. The largest absolute Gasteiger partial charge is 0.478 e. The van der Waals surface area contributed by atoms with Crippen molar-refractivity contribution in [3.63, 3.8) is 0 Å². The average Bonchev–Trinajstić information content (AvgIpc) is 3.33. The van der Waals surface area contributed by atoms with E-state index in [4.69, 9.17) is 5.11 Å². The lowest BCUT2D eigenvalue weighted by Crippen LogP contribution is -2.35. The Morgan fingerprint density at radius 3 is 2.62 bits per heavy atom. The smallest absolute Gasteiger partial charge is 0.394 e. The van der Waals surface area contributed by atoms with Crippen molar-refractivity contribution in [2.75, 3.05) is 0 Å². The summed E-state index contributed by atoms with van der Waals surface area (Å²) in [7, 11) is 0. The number of fused-ring (bicyclic) bond motifs is 2. The Morgan fingerprint density at radius 2 is 2.00 bits per heavy atom. The van der Waals surface area contributed by atoms with E-state index in [0.717, 1.165) is 11.3 Å². The number of alkyl halides is 3. The maximum Gasteiger partial charge on any atom is 0.394 e. The topological polar surface area (TPSA) is 50.2 Å². The van der Waals surface area contributed by atoms with E-state index in [0.29, 0.717) is 30.2 Å². The van der Waals surface area contributed by atoms with Crippen molar-refractivity contribution in [3.05, 3.63) is 41.1 Å². The number of benzene rings is 1. The predicted molar refractivity (Wildman–Crippen MR) is 81.9 cm³/mol. The zero-order chi connectivity index (χ0) is 17.1. The molecule has 1 unspecified atom stereocenters. The Hall–Kier alpha value is -2.11. The molecule has 2 aliphatic rings. The summed E-state index contributed by atoms with van der Waals surface area (Å²) < 4.78 is 40.1. The van der Waals surface area contributed by atoms with E-state index in [1.165, 1.54) is 12.1 Å². The van der Waals surface area contributed by atoms with Gasteiger partial charge in [-0.2, -0.15) is 13.2 Å². The van der Waals surface area contributed by atoms with Crippen molar-refractivity contribution >= 4 is 16.9 Å². The molecule has 0 spiro atoms. The zero-order valence-electron chi connectivity index (χ0n) is 12.9. The van der Waals surface area contributed by atoms with Crippen LogP contribution in [0.5, 0.6) is 0 Å². The molecule has 6 heteroatoms. The number of carboxylic acid groups (broad SMARTS) is 1. The minimum Gasteiger partial charge on any atom is -0.478 e. The Morgan fingerprint density at radius 1 is 1.25 bits per heavy atom. The maximum atomic E-state index is 13.4. The van der Waals surface area contributed by atoms with Gasteiger partial charge in [0, 0.05) is 11.1 Å². The van der Waals surface area contributed by atoms with E-state index in [2.05, 4.69) is 4.98 Å². The Labute approximate surface area is 136 Å². The minimum absolute atomic E-state index is 0.158. The molecule has 1 heterocycles. The molecule has 0 radical (unpaired) electrons. The van der Waals surface area contributed by atoms with Crippen molar-refractivity contribution in [1.82, 2.24) is 4.98 Å². The second-order valence-electron chi connectivity index (χ2n) is 6.90. The van der Waals surface area contributed by atoms with E-state index < -0.39 is 23.5 Å². The highest BCUT2D eigenvalue weighted by molar-refractivity contribution is 5.93. The number of halogens is 3. The first kappa shape index (κ1) is 15.4. The summed E-state index contributed by atoms with van der Waals surface area (Å²) in [6, 6.07) is 6.51. The van der Waals surface area contributed by atoms with Gasteiger partial charge in [0.25, 0.3) is 0 Å². The molecule has 2 aromatic rings. The lowest BCUT2D eigenvalue weighted by Gasteiger charge is -2.33. The van der Waals surface area contributed by atoms with Crippen LogP contribution in [0.2, 0.25) is 0 Å². The predicted octanol–water partition coefficient (Wildman–Crippen LogP) is 4.38.